The number of methoxy groups -OCH3 is 2. The highest BCUT2D eigenvalue weighted by molar-refractivity contribution is 6.02. The van der Waals surface area contributed by atoms with Gasteiger partial charge in [-0.1, -0.05) is 140 Å². The lowest BCUT2D eigenvalue weighted by Crippen LogP contribution is -2.08. The number of nitrogens with zero attached hydrogens (tertiary/aromatic N) is 3. The van der Waals surface area contributed by atoms with E-state index in [1.165, 1.54) is 0 Å². The van der Waals surface area contributed by atoms with Crippen LogP contribution in [0.25, 0.3) is 16.7 Å². The van der Waals surface area contributed by atoms with E-state index in [4.69, 9.17) is 19.5 Å². The number of hydrogen-bond donors (Lipinski definition) is 1. The monoisotopic (exact) mass is 845 g/mol. The summed E-state index contributed by atoms with van der Waals surface area (Å²) in [5.74, 6) is 11.1. The van der Waals surface area contributed by atoms with E-state index < -0.39 is 0 Å². The van der Waals surface area contributed by atoms with Gasteiger partial charge in [-0.2, -0.15) is 0 Å². The fraction of sp³-hybridized carbons (Fsp3) is 0.0847. The van der Waals surface area contributed by atoms with Crippen LogP contribution in [0.3, 0.4) is 0 Å². The van der Waals surface area contributed by atoms with E-state index in [0.29, 0.717) is 11.5 Å². The van der Waals surface area contributed by atoms with Crippen molar-refractivity contribution in [2.45, 2.75) is 19.4 Å². The molecule has 0 aliphatic rings. The molecule has 0 fully saturated rings. The van der Waals surface area contributed by atoms with Crippen LogP contribution in [-0.4, -0.2) is 36.9 Å². The first kappa shape index (κ1) is 43.3. The van der Waals surface area contributed by atoms with Gasteiger partial charge in [0.1, 0.15) is 11.5 Å². The fourth-order valence-electron chi connectivity index (χ4n) is 7.75. The summed E-state index contributed by atoms with van der Waals surface area (Å²) in [6.07, 6.45) is 0. The van der Waals surface area contributed by atoms with Gasteiger partial charge in [0.2, 0.25) is 0 Å². The van der Waals surface area contributed by atoms with Crippen LogP contribution in [-0.2, 0) is 6.61 Å². The molecular formula is C59H47N3O3. The van der Waals surface area contributed by atoms with Gasteiger partial charge in [0.25, 0.3) is 0 Å². The third-order valence-electron chi connectivity index (χ3n) is 11.0. The van der Waals surface area contributed by atoms with Gasteiger partial charge in [-0.05, 0) is 130 Å². The highest BCUT2D eigenvalue weighted by Gasteiger charge is 2.24. The largest absolute Gasteiger partial charge is 0.496 e. The molecule has 1 atom stereocenters. The summed E-state index contributed by atoms with van der Waals surface area (Å²) in [5, 5.41) is 10.9. The molecule has 0 saturated carbocycles. The molecule has 0 aromatic heterocycles. The van der Waals surface area contributed by atoms with Gasteiger partial charge in [0, 0.05) is 22.6 Å². The molecule has 8 rings (SSSR count). The number of para-hydroxylation sites is 3. The lowest BCUT2D eigenvalue weighted by atomic mass is 9.80. The first-order valence-corrected chi connectivity index (χ1v) is 21.4. The number of aliphatic imine (C=N–C) groups is 3. The predicted octanol–water partition coefficient (Wildman–Crippen LogP) is 13.6. The first-order chi connectivity index (χ1) is 32.0. The lowest BCUT2D eigenvalue weighted by molar-refractivity contribution is 0.281. The molecule has 65 heavy (non-hydrogen) atoms. The average Bonchev–Trinajstić information content (AvgIpc) is 3.37. The van der Waals surface area contributed by atoms with Gasteiger partial charge in [-0.15, -0.1) is 0 Å². The molecule has 1 N–H and O–H groups in total. The summed E-state index contributed by atoms with van der Waals surface area (Å²) in [4.78, 5) is 14.3. The number of benzene rings is 8. The second-order valence-electron chi connectivity index (χ2n) is 15.2. The Balaban J connectivity index is 1.39. The number of aliphatic hydroxyl groups excluding tert-OH is 1. The predicted molar refractivity (Wildman–Crippen MR) is 267 cm³/mol. The summed E-state index contributed by atoms with van der Waals surface area (Å²) in [6.45, 7) is 1.81. The number of allylic oxidation sites excluding steroid dienone is 1. The van der Waals surface area contributed by atoms with Gasteiger partial charge in [0.05, 0.1) is 49.0 Å². The maximum absolute atomic E-state index is 10.9. The third-order valence-corrected chi connectivity index (χ3v) is 11.0. The minimum Gasteiger partial charge on any atom is -0.496 e. The number of rotatable bonds is 14. The Morgan fingerprint density at radius 3 is 1.26 bits per heavy atom. The van der Waals surface area contributed by atoms with Crippen LogP contribution in [0, 0.1) is 0 Å². The molecule has 8 aromatic rings. The molecule has 0 bridgehead atoms. The van der Waals surface area contributed by atoms with Crippen LogP contribution in [0.5, 0.6) is 11.5 Å². The molecule has 0 radical (unpaired) electrons. The van der Waals surface area contributed by atoms with E-state index in [-0.39, 0.29) is 12.5 Å². The summed E-state index contributed by atoms with van der Waals surface area (Å²) in [7, 11) is 3.36. The van der Waals surface area contributed by atoms with Crippen LogP contribution in [0.2, 0.25) is 0 Å². The highest BCUT2D eigenvalue weighted by atomic mass is 16.5. The van der Waals surface area contributed by atoms with E-state index >= 15 is 0 Å². The second kappa shape index (κ2) is 21.2. The maximum Gasteiger partial charge on any atom is 0.127 e. The van der Waals surface area contributed by atoms with Crippen molar-refractivity contribution >= 4 is 51.4 Å². The Bertz CT molecular complexity index is 2940. The van der Waals surface area contributed by atoms with Crippen molar-refractivity contribution in [3.05, 3.63) is 256 Å². The Labute approximate surface area is 380 Å². The number of aliphatic hydroxyl groups is 1. The van der Waals surface area contributed by atoms with E-state index in [1.54, 1.807) is 14.2 Å². The van der Waals surface area contributed by atoms with Crippen molar-refractivity contribution in [1.29, 1.82) is 0 Å². The molecule has 0 saturated heterocycles. The number of ether oxygens (including phenoxy) is 2. The minimum absolute atomic E-state index is 0.181. The molecule has 0 aliphatic carbocycles. The van der Waals surface area contributed by atoms with Gasteiger partial charge in [0.15, 0.2) is 0 Å². The van der Waals surface area contributed by atoms with Crippen LogP contribution in [0.4, 0.5) is 17.1 Å². The van der Waals surface area contributed by atoms with E-state index in [9.17, 15) is 5.11 Å². The topological polar surface area (TPSA) is 75.8 Å². The summed E-state index contributed by atoms with van der Waals surface area (Å²) < 4.78 is 12.1. The van der Waals surface area contributed by atoms with Gasteiger partial charge < -0.3 is 14.6 Å². The van der Waals surface area contributed by atoms with Crippen LogP contribution in [0.1, 0.15) is 62.9 Å². The Kier molecular flexibility index (Phi) is 14.1. The Morgan fingerprint density at radius 2 is 0.815 bits per heavy atom. The smallest absolute Gasteiger partial charge is 0.127 e. The van der Waals surface area contributed by atoms with Gasteiger partial charge in [-0.3, -0.25) is 0 Å². The van der Waals surface area contributed by atoms with E-state index in [0.717, 1.165) is 83.9 Å². The van der Waals surface area contributed by atoms with E-state index in [1.807, 2.05) is 165 Å². The summed E-state index contributed by atoms with van der Waals surface area (Å²) >= 11 is 0. The lowest BCUT2D eigenvalue weighted by Gasteiger charge is -2.24. The second-order valence-corrected chi connectivity index (χ2v) is 15.2. The van der Waals surface area contributed by atoms with E-state index in [2.05, 4.69) is 71.1 Å². The standard InChI is InChI=1S/C59H47N3O3/c1-42(38-60-49-23-13-6-14-24-49)52-35-46(31-33-57(52)64-2)59(45-29-30-48(41-63)53(36-45)55(43-19-9-4-10-20-43)39-61-50-25-15-7-16-26-50)47-32-34-58(65-3)54(37-47)56(44-21-11-5-12-22-44)40-62-51-27-17-8-18-28-51/h4-37,59,63H,41H2,1-3H3. The Morgan fingerprint density at radius 1 is 0.446 bits per heavy atom. The molecule has 1 unspecified atom stereocenters. The van der Waals surface area contributed by atoms with Crippen molar-refractivity contribution in [1.82, 2.24) is 0 Å². The van der Waals surface area contributed by atoms with Gasteiger partial charge in [-0.25, -0.2) is 15.0 Å². The molecule has 8 aromatic carbocycles. The first-order valence-electron chi connectivity index (χ1n) is 21.4. The molecule has 6 nitrogen and oxygen atoms in total. The molecule has 6 heteroatoms. The summed E-state index contributed by atoms with van der Waals surface area (Å²) in [5.41, 5.74) is 12.8. The summed E-state index contributed by atoms with van der Waals surface area (Å²) in [6, 6.07) is 68.4. The quantitative estimate of drug-likeness (QED) is 0.0875. The minimum atomic E-state index is -0.346. The third kappa shape index (κ3) is 10.5. The zero-order chi connectivity index (χ0) is 44.8. The highest BCUT2D eigenvalue weighted by Crippen LogP contribution is 2.41. The van der Waals surface area contributed by atoms with Crippen LogP contribution in [0.15, 0.2) is 221 Å². The molecule has 0 aliphatic heterocycles. The van der Waals surface area contributed by atoms with Crippen molar-refractivity contribution in [2.75, 3.05) is 14.2 Å². The van der Waals surface area contributed by atoms with Crippen LogP contribution < -0.4 is 9.47 Å². The normalized spacial score (nSPS) is 10.9. The zero-order valence-corrected chi connectivity index (χ0v) is 36.5. The zero-order valence-electron chi connectivity index (χ0n) is 36.5. The molecule has 316 valence electrons. The van der Waals surface area contributed by atoms with Crippen molar-refractivity contribution < 1.29 is 14.6 Å². The SMILES string of the molecule is COc1ccc(C(c2ccc(CO)c(C(=C=Nc3ccccc3)c3ccccc3)c2)c2ccc(OC)c(C(=C=Nc3ccccc3)c3ccccc3)c2)cc1C(C)=C=Nc1ccccc1. The maximum atomic E-state index is 10.9. The number of hydrogen-bond acceptors (Lipinski definition) is 6. The van der Waals surface area contributed by atoms with Crippen molar-refractivity contribution in [3.8, 4) is 11.5 Å². The van der Waals surface area contributed by atoms with Crippen molar-refractivity contribution in [2.24, 2.45) is 15.0 Å². The Hall–Kier alpha value is -8.33. The van der Waals surface area contributed by atoms with Crippen molar-refractivity contribution in [3.63, 3.8) is 0 Å². The van der Waals surface area contributed by atoms with Crippen LogP contribution >= 0.6 is 0 Å². The molecule has 0 spiro atoms. The van der Waals surface area contributed by atoms with Gasteiger partial charge >= 0.3 is 0 Å². The fourth-order valence-corrected chi connectivity index (χ4v) is 7.75. The molecule has 0 amide bonds. The molecule has 0 heterocycles. The average molecular weight is 846 g/mol. The molecular weight excluding hydrogens is 799 g/mol.